The first-order valence-corrected chi connectivity index (χ1v) is 5.84. The van der Waals surface area contributed by atoms with Crippen molar-refractivity contribution < 1.29 is 14.3 Å². The van der Waals surface area contributed by atoms with Gasteiger partial charge in [-0.15, -0.1) is 0 Å². The van der Waals surface area contributed by atoms with Crippen molar-refractivity contribution in [1.82, 2.24) is 15.6 Å². The average Bonchev–Trinajstić information content (AvgIpc) is 2.38. The zero-order valence-electron chi connectivity index (χ0n) is 11.0. The number of carbonyl (C=O) groups is 2. The average molecular weight is 266 g/mol. The minimum absolute atomic E-state index is 0.177. The fourth-order valence-electron chi connectivity index (χ4n) is 1.34. The van der Waals surface area contributed by atoms with Crippen LogP contribution in [0.4, 0.5) is 5.82 Å². The second-order valence-corrected chi connectivity index (χ2v) is 3.93. The summed E-state index contributed by atoms with van der Waals surface area (Å²) in [6.07, 6.45) is 0. The molecular formula is C12H18N4O3. The normalized spacial score (nSPS) is 11.7. The summed E-state index contributed by atoms with van der Waals surface area (Å²) >= 11 is 0. The van der Waals surface area contributed by atoms with Crippen molar-refractivity contribution in [1.29, 1.82) is 0 Å². The first kappa shape index (κ1) is 14.9. The predicted molar refractivity (Wildman–Crippen MR) is 70.5 cm³/mol. The third-order valence-corrected chi connectivity index (χ3v) is 2.35. The summed E-state index contributed by atoms with van der Waals surface area (Å²) < 4.78 is 4.81. The van der Waals surface area contributed by atoms with E-state index >= 15 is 0 Å². The molecule has 1 atom stereocenters. The number of hydrogen-bond acceptors (Lipinski definition) is 5. The Bertz CT molecular complexity index is 450. The minimum atomic E-state index is -0.660. The Labute approximate surface area is 111 Å². The number of nitrogens with one attached hydrogen (secondary N) is 2. The van der Waals surface area contributed by atoms with Gasteiger partial charge in [0.2, 0.25) is 5.91 Å². The van der Waals surface area contributed by atoms with Crippen LogP contribution in [0.5, 0.6) is 0 Å². The number of carbonyl (C=O) groups excluding carboxylic acids is 2. The van der Waals surface area contributed by atoms with E-state index in [0.29, 0.717) is 13.2 Å². The molecule has 0 saturated heterocycles. The van der Waals surface area contributed by atoms with Gasteiger partial charge in [0.25, 0.3) is 5.91 Å². The van der Waals surface area contributed by atoms with Crippen molar-refractivity contribution in [3.8, 4) is 0 Å². The quantitative estimate of drug-likeness (QED) is 0.604. The Balaban J connectivity index is 2.49. The molecule has 19 heavy (non-hydrogen) atoms. The maximum atomic E-state index is 11.8. The molecule has 1 heterocycles. The van der Waals surface area contributed by atoms with Crippen LogP contribution in [0.2, 0.25) is 0 Å². The van der Waals surface area contributed by atoms with Crippen molar-refractivity contribution in [2.75, 3.05) is 26.0 Å². The number of nitrogen functional groups attached to an aromatic ring is 1. The molecule has 0 bridgehead atoms. The predicted octanol–water partition coefficient (Wildman–Crippen LogP) is -0.455. The van der Waals surface area contributed by atoms with E-state index in [-0.39, 0.29) is 17.4 Å². The number of amides is 2. The second-order valence-electron chi connectivity index (χ2n) is 3.93. The standard InChI is InChI=1S/C12H18N4O3/c1-8(11(17)14-6-7-19-2)15-12(18)9-4-3-5-10(13)16-9/h3-5,8H,6-7H2,1-2H3,(H2,13,16)(H,14,17)(H,15,18). The molecule has 1 unspecified atom stereocenters. The first-order valence-electron chi connectivity index (χ1n) is 5.84. The highest BCUT2D eigenvalue weighted by Gasteiger charge is 2.16. The lowest BCUT2D eigenvalue weighted by Gasteiger charge is -2.13. The molecule has 1 aromatic heterocycles. The van der Waals surface area contributed by atoms with Crippen LogP contribution in [-0.4, -0.2) is 43.1 Å². The Morgan fingerprint density at radius 2 is 2.21 bits per heavy atom. The number of rotatable bonds is 6. The third-order valence-electron chi connectivity index (χ3n) is 2.35. The van der Waals surface area contributed by atoms with Gasteiger partial charge in [0.15, 0.2) is 0 Å². The van der Waals surface area contributed by atoms with Gasteiger partial charge in [0.05, 0.1) is 6.61 Å². The lowest BCUT2D eigenvalue weighted by atomic mass is 10.2. The zero-order valence-corrected chi connectivity index (χ0v) is 11.0. The molecule has 7 nitrogen and oxygen atoms in total. The van der Waals surface area contributed by atoms with E-state index in [1.165, 1.54) is 6.07 Å². The van der Waals surface area contributed by atoms with Gasteiger partial charge < -0.3 is 21.1 Å². The Kier molecular flexibility index (Phi) is 5.74. The third kappa shape index (κ3) is 4.92. The minimum Gasteiger partial charge on any atom is -0.384 e. The summed E-state index contributed by atoms with van der Waals surface area (Å²) in [6.45, 7) is 2.40. The van der Waals surface area contributed by atoms with E-state index < -0.39 is 11.9 Å². The molecule has 104 valence electrons. The molecule has 1 aromatic rings. The van der Waals surface area contributed by atoms with Crippen molar-refractivity contribution in [3.05, 3.63) is 23.9 Å². The molecule has 0 radical (unpaired) electrons. The molecule has 4 N–H and O–H groups in total. The van der Waals surface area contributed by atoms with Crippen LogP contribution in [0.1, 0.15) is 17.4 Å². The van der Waals surface area contributed by atoms with Crippen molar-refractivity contribution in [2.45, 2.75) is 13.0 Å². The molecule has 2 amide bonds. The van der Waals surface area contributed by atoms with Crippen molar-refractivity contribution in [2.24, 2.45) is 0 Å². The van der Waals surface area contributed by atoms with E-state index in [1.54, 1.807) is 26.2 Å². The summed E-state index contributed by atoms with van der Waals surface area (Å²) in [5, 5.41) is 5.17. The molecule has 0 aliphatic heterocycles. The van der Waals surface area contributed by atoms with E-state index in [1.807, 2.05) is 0 Å². The topological polar surface area (TPSA) is 106 Å². The Morgan fingerprint density at radius 1 is 1.47 bits per heavy atom. The summed E-state index contributed by atoms with van der Waals surface area (Å²) in [5.74, 6) is -0.471. The first-order chi connectivity index (χ1) is 9.04. The number of nitrogens with two attached hydrogens (primary N) is 1. The van der Waals surface area contributed by atoms with E-state index in [0.717, 1.165) is 0 Å². The lowest BCUT2D eigenvalue weighted by Crippen LogP contribution is -2.45. The molecular weight excluding hydrogens is 248 g/mol. The number of hydrogen-bond donors (Lipinski definition) is 3. The van der Waals surface area contributed by atoms with Gasteiger partial charge in [-0.05, 0) is 19.1 Å². The van der Waals surface area contributed by atoms with Crippen LogP contribution in [0.25, 0.3) is 0 Å². The number of methoxy groups -OCH3 is 1. The van der Waals surface area contributed by atoms with Crippen LogP contribution in [0.15, 0.2) is 18.2 Å². The van der Waals surface area contributed by atoms with E-state index in [9.17, 15) is 9.59 Å². The molecule has 1 rings (SSSR count). The lowest BCUT2D eigenvalue weighted by molar-refractivity contribution is -0.122. The number of aromatic nitrogens is 1. The maximum absolute atomic E-state index is 11.8. The molecule has 0 aliphatic rings. The van der Waals surface area contributed by atoms with Gasteiger partial charge >= 0.3 is 0 Å². The van der Waals surface area contributed by atoms with Crippen LogP contribution >= 0.6 is 0 Å². The van der Waals surface area contributed by atoms with Gasteiger partial charge in [-0.2, -0.15) is 0 Å². The summed E-state index contributed by atoms with van der Waals surface area (Å²) in [5.41, 5.74) is 5.66. The highest BCUT2D eigenvalue weighted by molar-refractivity contribution is 5.96. The van der Waals surface area contributed by atoms with E-state index in [2.05, 4.69) is 15.6 Å². The number of pyridine rings is 1. The zero-order chi connectivity index (χ0) is 14.3. The highest BCUT2D eigenvalue weighted by Crippen LogP contribution is 2.00. The molecule has 0 aromatic carbocycles. The van der Waals surface area contributed by atoms with Gasteiger partial charge in [0, 0.05) is 13.7 Å². The van der Waals surface area contributed by atoms with Crippen LogP contribution in [0.3, 0.4) is 0 Å². The van der Waals surface area contributed by atoms with Gasteiger partial charge in [-0.25, -0.2) is 4.98 Å². The van der Waals surface area contributed by atoms with Gasteiger partial charge in [0.1, 0.15) is 17.6 Å². The molecule has 7 heteroatoms. The van der Waals surface area contributed by atoms with Gasteiger partial charge in [-0.3, -0.25) is 9.59 Å². The fraction of sp³-hybridized carbons (Fsp3) is 0.417. The van der Waals surface area contributed by atoms with Crippen LogP contribution in [-0.2, 0) is 9.53 Å². The monoisotopic (exact) mass is 266 g/mol. The molecule has 0 aliphatic carbocycles. The SMILES string of the molecule is COCCNC(=O)C(C)NC(=O)c1cccc(N)n1. The van der Waals surface area contributed by atoms with Crippen LogP contribution in [0, 0.1) is 0 Å². The number of anilines is 1. The maximum Gasteiger partial charge on any atom is 0.270 e. The van der Waals surface area contributed by atoms with Crippen molar-refractivity contribution >= 4 is 17.6 Å². The highest BCUT2D eigenvalue weighted by atomic mass is 16.5. The van der Waals surface area contributed by atoms with E-state index in [4.69, 9.17) is 10.5 Å². The van der Waals surface area contributed by atoms with Crippen LogP contribution < -0.4 is 16.4 Å². The molecule has 0 spiro atoms. The Morgan fingerprint density at radius 3 is 2.84 bits per heavy atom. The largest absolute Gasteiger partial charge is 0.384 e. The fourth-order valence-corrected chi connectivity index (χ4v) is 1.34. The summed E-state index contributed by atoms with van der Waals surface area (Å²) in [7, 11) is 1.54. The number of ether oxygens (including phenoxy) is 1. The molecule has 0 fully saturated rings. The van der Waals surface area contributed by atoms with Crippen molar-refractivity contribution in [3.63, 3.8) is 0 Å². The summed E-state index contributed by atoms with van der Waals surface area (Å²) in [4.78, 5) is 27.3. The smallest absolute Gasteiger partial charge is 0.270 e. The second kappa shape index (κ2) is 7.32. The summed E-state index contributed by atoms with van der Waals surface area (Å²) in [6, 6.07) is 4.08. The van der Waals surface area contributed by atoms with Gasteiger partial charge in [-0.1, -0.05) is 6.07 Å². The number of nitrogens with zero attached hydrogens (tertiary/aromatic N) is 1. The molecule has 0 saturated carbocycles. The Hall–Kier alpha value is -2.15.